The van der Waals surface area contributed by atoms with Crippen molar-refractivity contribution in [3.63, 3.8) is 0 Å². The van der Waals surface area contributed by atoms with E-state index in [-0.39, 0.29) is 35.8 Å². The molecule has 226 valence electrons. The minimum atomic E-state index is -4.81. The van der Waals surface area contributed by atoms with Gasteiger partial charge in [-0.3, -0.25) is 28.0 Å². The van der Waals surface area contributed by atoms with Gasteiger partial charge in [0.25, 0.3) is 5.56 Å². The largest absolute Gasteiger partial charge is 0.472 e. The van der Waals surface area contributed by atoms with Crippen molar-refractivity contribution in [1.29, 1.82) is 0 Å². The number of aromatic amines is 1. The number of nitrogens with zero attached hydrogens (tertiary/aromatic N) is 7. The summed E-state index contributed by atoms with van der Waals surface area (Å²) < 4.78 is 38.1. The van der Waals surface area contributed by atoms with Crippen LogP contribution in [0.25, 0.3) is 22.3 Å². The molecule has 20 nitrogen and oxygen atoms in total. The minimum absolute atomic E-state index is 0.00103. The number of aliphatic hydroxyl groups is 3. The Morgan fingerprint density at radius 3 is 2.60 bits per heavy atom. The summed E-state index contributed by atoms with van der Waals surface area (Å²) in [5.41, 5.74) is 11.5. The summed E-state index contributed by atoms with van der Waals surface area (Å²) in [6.07, 6.45) is -3.82. The summed E-state index contributed by atoms with van der Waals surface area (Å²) in [6.45, 7) is -1.09. The van der Waals surface area contributed by atoms with E-state index >= 15 is 0 Å². The number of phosphoric acid groups is 1. The van der Waals surface area contributed by atoms with E-state index < -0.39 is 69.6 Å². The average Bonchev–Trinajstić information content (AvgIpc) is 3.72. The summed E-state index contributed by atoms with van der Waals surface area (Å²) in [7, 11) is -4.81. The van der Waals surface area contributed by atoms with E-state index in [0.717, 1.165) is 0 Å². The number of anilines is 2. The normalized spacial score (nSPS) is 28.5. The Balaban J connectivity index is 1.16. The molecule has 0 amide bonds. The van der Waals surface area contributed by atoms with Crippen LogP contribution in [0.15, 0.2) is 23.8 Å². The van der Waals surface area contributed by atoms with Crippen molar-refractivity contribution in [2.75, 3.05) is 24.7 Å². The van der Waals surface area contributed by atoms with E-state index in [0.29, 0.717) is 11.2 Å². The number of rotatable bonds is 9. The van der Waals surface area contributed by atoms with Crippen LogP contribution in [0.2, 0.25) is 0 Å². The Morgan fingerprint density at radius 2 is 1.83 bits per heavy atom. The van der Waals surface area contributed by atoms with Crippen LogP contribution in [0.3, 0.4) is 0 Å². The molecular weight excluding hydrogens is 583 g/mol. The third-order valence-corrected chi connectivity index (χ3v) is 7.97. The average molecular weight is 610 g/mol. The number of fused-ring (bicyclic) bond motifs is 2. The Hall–Kier alpha value is -3.59. The van der Waals surface area contributed by atoms with Crippen LogP contribution in [0.4, 0.5) is 11.8 Å². The van der Waals surface area contributed by atoms with Gasteiger partial charge >= 0.3 is 7.82 Å². The number of aliphatic hydroxyl groups excluding tert-OH is 3. The van der Waals surface area contributed by atoms with Crippen LogP contribution < -0.4 is 17.0 Å². The standard InChI is InChI=1S/C21H27N10O10P/c22-15-13-16(25-5-24-15)30(6-26-13)19-9(33)1-8(39-19)4-38-42(36,37)41-12-2-11(10(34)3-32)40-20(12)31-7-27-14-17(31)28-21(23)29-18(14)35/h5-12,19-20,32-34H,1-4H2,(H,36,37)(H2,22,24,25)(H3,23,28,29,35)/t8-,9+,10?,11?,12-,19?,20?/m0/s1. The molecule has 0 bridgehead atoms. The lowest BCUT2D eigenvalue weighted by molar-refractivity contribution is -0.0858. The third kappa shape index (κ3) is 5.23. The van der Waals surface area contributed by atoms with Crippen LogP contribution in [-0.2, 0) is 23.1 Å². The second kappa shape index (κ2) is 10.9. The van der Waals surface area contributed by atoms with Crippen molar-refractivity contribution in [2.45, 2.75) is 55.8 Å². The third-order valence-electron chi connectivity index (χ3n) is 6.96. The van der Waals surface area contributed by atoms with Crippen LogP contribution in [0.5, 0.6) is 0 Å². The van der Waals surface area contributed by atoms with Crippen LogP contribution >= 0.6 is 7.82 Å². The predicted molar refractivity (Wildman–Crippen MR) is 139 cm³/mol. The Bertz CT molecular complexity index is 1710. The van der Waals surface area contributed by atoms with Gasteiger partial charge in [-0.2, -0.15) is 4.98 Å². The minimum Gasteiger partial charge on any atom is -0.394 e. The molecule has 8 atom stereocenters. The zero-order valence-corrected chi connectivity index (χ0v) is 22.5. The fourth-order valence-corrected chi connectivity index (χ4v) is 5.97. The topological polar surface area (TPSA) is 294 Å². The van der Waals surface area contributed by atoms with Crippen molar-refractivity contribution in [3.8, 4) is 0 Å². The Labute approximate surface area is 234 Å². The van der Waals surface area contributed by atoms with Crippen LogP contribution in [0.1, 0.15) is 25.3 Å². The maximum atomic E-state index is 13.0. The molecule has 2 fully saturated rings. The summed E-state index contributed by atoms with van der Waals surface area (Å²) in [6, 6.07) is 0. The van der Waals surface area contributed by atoms with Gasteiger partial charge < -0.3 is 41.2 Å². The number of imidazole rings is 2. The highest BCUT2D eigenvalue weighted by molar-refractivity contribution is 7.47. The van der Waals surface area contributed by atoms with Gasteiger partial charge in [-0.25, -0.2) is 24.5 Å². The summed E-state index contributed by atoms with van der Waals surface area (Å²) in [4.78, 5) is 45.3. The van der Waals surface area contributed by atoms with Gasteiger partial charge in [-0.1, -0.05) is 0 Å². The van der Waals surface area contributed by atoms with Gasteiger partial charge in [-0.05, 0) is 0 Å². The Morgan fingerprint density at radius 1 is 1.10 bits per heavy atom. The molecule has 21 heteroatoms. The van der Waals surface area contributed by atoms with E-state index in [9.17, 15) is 29.6 Å². The summed E-state index contributed by atoms with van der Waals surface area (Å²) in [5.74, 6) is -0.0494. The highest BCUT2D eigenvalue weighted by Gasteiger charge is 2.45. The molecular formula is C21H27N10O10P. The molecule has 9 N–H and O–H groups in total. The lowest BCUT2D eigenvalue weighted by atomic mass is 10.1. The molecule has 2 aliphatic heterocycles. The summed E-state index contributed by atoms with van der Waals surface area (Å²) in [5, 5.41) is 30.2. The SMILES string of the molecule is Nc1nc2c(ncn2C2OC(C(O)CO)C[C@@H]2OP(=O)(O)OC[C@@H]2C[C@@H](O)C(n3cnc4c(N)ncnc43)O2)c(=O)[nH]1. The van der Waals surface area contributed by atoms with Gasteiger partial charge in [-0.15, -0.1) is 0 Å². The molecule has 0 radical (unpaired) electrons. The first kappa shape index (κ1) is 28.5. The molecule has 42 heavy (non-hydrogen) atoms. The van der Waals surface area contributed by atoms with E-state index in [4.69, 9.17) is 30.0 Å². The van der Waals surface area contributed by atoms with Crippen molar-refractivity contribution in [3.05, 3.63) is 29.3 Å². The number of ether oxygens (including phenoxy) is 2. The number of nitrogens with one attached hydrogen (secondary N) is 1. The number of hydrogen-bond donors (Lipinski definition) is 7. The Kier molecular flexibility index (Phi) is 7.41. The van der Waals surface area contributed by atoms with E-state index in [1.54, 1.807) is 0 Å². The number of phosphoric ester groups is 1. The van der Waals surface area contributed by atoms with Gasteiger partial charge in [0, 0.05) is 12.8 Å². The van der Waals surface area contributed by atoms with Gasteiger partial charge in [0.2, 0.25) is 5.95 Å². The lowest BCUT2D eigenvalue weighted by Crippen LogP contribution is -2.29. The van der Waals surface area contributed by atoms with Gasteiger partial charge in [0.1, 0.15) is 30.2 Å². The molecule has 2 saturated heterocycles. The number of nitrogen functional groups attached to an aromatic ring is 2. The van der Waals surface area contributed by atoms with Crippen molar-refractivity contribution in [1.82, 2.24) is 39.0 Å². The maximum Gasteiger partial charge on any atom is 0.472 e. The van der Waals surface area contributed by atoms with E-state index in [1.807, 2.05) is 0 Å². The molecule has 6 heterocycles. The zero-order chi connectivity index (χ0) is 29.8. The number of aromatic nitrogens is 8. The molecule has 0 saturated carbocycles. The quantitative estimate of drug-likeness (QED) is 0.1000. The first-order valence-electron chi connectivity index (χ1n) is 12.6. The molecule has 5 unspecified atom stereocenters. The molecule has 2 aliphatic rings. The number of nitrogens with two attached hydrogens (primary N) is 2. The second-order valence-electron chi connectivity index (χ2n) is 9.77. The molecule has 6 rings (SSSR count). The fourth-order valence-electron chi connectivity index (χ4n) is 5.02. The maximum absolute atomic E-state index is 13.0. The smallest absolute Gasteiger partial charge is 0.394 e. The van der Waals surface area contributed by atoms with E-state index in [1.165, 1.54) is 28.1 Å². The highest BCUT2D eigenvalue weighted by atomic mass is 31.2. The fraction of sp³-hybridized carbons (Fsp3) is 0.524. The van der Waals surface area contributed by atoms with Crippen molar-refractivity contribution < 1.29 is 43.3 Å². The van der Waals surface area contributed by atoms with Crippen molar-refractivity contribution in [2.24, 2.45) is 0 Å². The van der Waals surface area contributed by atoms with Gasteiger partial charge in [0.05, 0.1) is 38.1 Å². The molecule has 0 spiro atoms. The highest BCUT2D eigenvalue weighted by Crippen LogP contribution is 2.50. The lowest BCUT2D eigenvalue weighted by Gasteiger charge is -2.23. The first-order chi connectivity index (χ1) is 20.0. The molecule has 0 aromatic carbocycles. The molecule has 4 aromatic rings. The van der Waals surface area contributed by atoms with Gasteiger partial charge in [0.15, 0.2) is 35.1 Å². The van der Waals surface area contributed by atoms with E-state index in [2.05, 4.69) is 29.9 Å². The van der Waals surface area contributed by atoms with Crippen LogP contribution in [0, 0.1) is 0 Å². The van der Waals surface area contributed by atoms with Crippen LogP contribution in [-0.4, -0.2) is 103 Å². The number of hydrogen-bond acceptors (Lipinski definition) is 16. The first-order valence-corrected chi connectivity index (χ1v) is 14.1. The van der Waals surface area contributed by atoms with Crippen molar-refractivity contribution >= 4 is 41.9 Å². The predicted octanol–water partition coefficient (Wildman–Crippen LogP) is -2.08. The zero-order valence-electron chi connectivity index (χ0n) is 21.6. The monoisotopic (exact) mass is 610 g/mol. The summed E-state index contributed by atoms with van der Waals surface area (Å²) >= 11 is 0. The second-order valence-corrected chi connectivity index (χ2v) is 11.2. The molecule has 4 aromatic heterocycles. The molecule has 0 aliphatic carbocycles. The number of H-pyrrole nitrogens is 1.